The average Bonchev–Trinajstić information content (AvgIpc) is 3.18. The third-order valence-electron chi connectivity index (χ3n) is 4.36. The summed E-state index contributed by atoms with van der Waals surface area (Å²) in [7, 11) is 0. The highest BCUT2D eigenvalue weighted by molar-refractivity contribution is 7.11. The van der Waals surface area contributed by atoms with Gasteiger partial charge in [0.05, 0.1) is 0 Å². The second kappa shape index (κ2) is 6.37. The molecule has 3 nitrogen and oxygen atoms in total. The fourth-order valence-electron chi connectivity index (χ4n) is 2.90. The summed E-state index contributed by atoms with van der Waals surface area (Å²) in [5, 5.41) is 3.57. The Kier molecular flexibility index (Phi) is 4.69. The molecular weight excluding hydrogens is 278 g/mol. The minimum absolute atomic E-state index is 0.198. The molecule has 0 atom stereocenters. The third-order valence-corrected chi connectivity index (χ3v) is 5.43. The molecular formula is C17H29N3S. The quantitative estimate of drug-likeness (QED) is 0.902. The van der Waals surface area contributed by atoms with Crippen LogP contribution >= 0.6 is 11.3 Å². The van der Waals surface area contributed by atoms with Crippen LogP contribution in [0.4, 0.5) is 0 Å². The van der Waals surface area contributed by atoms with Crippen LogP contribution in [0.2, 0.25) is 0 Å². The van der Waals surface area contributed by atoms with Crippen LogP contribution in [0.3, 0.4) is 0 Å². The van der Waals surface area contributed by atoms with Crippen molar-refractivity contribution < 1.29 is 0 Å². The van der Waals surface area contributed by atoms with Crippen molar-refractivity contribution >= 4 is 11.3 Å². The zero-order valence-corrected chi connectivity index (χ0v) is 14.5. The molecule has 1 aliphatic heterocycles. The maximum absolute atomic E-state index is 3.57. The van der Waals surface area contributed by atoms with Crippen molar-refractivity contribution in [3.63, 3.8) is 0 Å². The molecule has 2 fully saturated rings. The second-order valence-corrected chi connectivity index (χ2v) is 8.77. The maximum Gasteiger partial charge on any atom is 0.0329 e. The fourth-order valence-corrected chi connectivity index (χ4v) is 3.90. The van der Waals surface area contributed by atoms with Crippen molar-refractivity contribution in [1.29, 1.82) is 0 Å². The maximum atomic E-state index is 3.57. The van der Waals surface area contributed by atoms with Gasteiger partial charge in [-0.15, -0.1) is 11.3 Å². The Labute approximate surface area is 133 Å². The monoisotopic (exact) mass is 307 g/mol. The first-order valence-corrected chi connectivity index (χ1v) is 9.10. The molecule has 118 valence electrons. The van der Waals surface area contributed by atoms with Gasteiger partial charge in [-0.3, -0.25) is 9.80 Å². The van der Waals surface area contributed by atoms with Gasteiger partial charge >= 0.3 is 0 Å². The number of rotatable bonds is 5. The lowest BCUT2D eigenvalue weighted by Gasteiger charge is -2.34. The minimum atomic E-state index is 0.198. The molecule has 4 heteroatoms. The number of thiophene rings is 1. The Bertz CT molecular complexity index is 451. The molecule has 0 bridgehead atoms. The molecule has 0 amide bonds. The van der Waals surface area contributed by atoms with Crippen LogP contribution in [0.15, 0.2) is 12.1 Å². The molecule has 1 N–H and O–H groups in total. The van der Waals surface area contributed by atoms with E-state index in [0.717, 1.165) is 19.1 Å². The smallest absolute Gasteiger partial charge is 0.0329 e. The van der Waals surface area contributed by atoms with Crippen molar-refractivity contribution in [3.05, 3.63) is 21.9 Å². The predicted molar refractivity (Wildman–Crippen MR) is 90.8 cm³/mol. The van der Waals surface area contributed by atoms with E-state index in [2.05, 4.69) is 48.0 Å². The largest absolute Gasteiger partial charge is 0.307 e. The Hall–Kier alpha value is -0.420. The van der Waals surface area contributed by atoms with E-state index in [4.69, 9.17) is 0 Å². The number of hydrogen-bond acceptors (Lipinski definition) is 4. The van der Waals surface area contributed by atoms with Gasteiger partial charge in [-0.25, -0.2) is 0 Å². The van der Waals surface area contributed by atoms with Crippen molar-refractivity contribution in [2.24, 2.45) is 0 Å². The van der Waals surface area contributed by atoms with Gasteiger partial charge in [-0.1, -0.05) is 0 Å². The normalized spacial score (nSPS) is 21.9. The fraction of sp³-hybridized carbons (Fsp3) is 0.765. The first kappa shape index (κ1) is 15.5. The van der Waals surface area contributed by atoms with Crippen LogP contribution in [-0.4, -0.2) is 47.6 Å². The lowest BCUT2D eigenvalue weighted by atomic mass is 10.1. The second-order valence-electron chi connectivity index (χ2n) is 7.51. The van der Waals surface area contributed by atoms with E-state index in [9.17, 15) is 0 Å². The van der Waals surface area contributed by atoms with E-state index in [1.54, 1.807) is 0 Å². The molecule has 2 heterocycles. The average molecular weight is 308 g/mol. The van der Waals surface area contributed by atoms with Gasteiger partial charge in [0.2, 0.25) is 0 Å². The Morgan fingerprint density at radius 1 is 1.10 bits per heavy atom. The highest BCUT2D eigenvalue weighted by atomic mass is 32.1. The van der Waals surface area contributed by atoms with Gasteiger partial charge in [0.1, 0.15) is 0 Å². The van der Waals surface area contributed by atoms with Crippen LogP contribution in [-0.2, 0) is 13.1 Å². The zero-order valence-electron chi connectivity index (χ0n) is 13.7. The van der Waals surface area contributed by atoms with Crippen LogP contribution in [0, 0.1) is 0 Å². The lowest BCUT2D eigenvalue weighted by Crippen LogP contribution is -2.46. The molecule has 1 aliphatic carbocycles. The number of nitrogens with one attached hydrogen (secondary N) is 1. The van der Waals surface area contributed by atoms with Gasteiger partial charge in [0, 0.05) is 60.6 Å². The zero-order chi connectivity index (χ0) is 14.9. The summed E-state index contributed by atoms with van der Waals surface area (Å²) in [5.74, 6) is 0. The molecule has 0 aromatic carbocycles. The van der Waals surface area contributed by atoms with Crippen LogP contribution in [0.1, 0.15) is 43.4 Å². The van der Waals surface area contributed by atoms with Crippen molar-refractivity contribution in [2.45, 2.75) is 58.3 Å². The topological polar surface area (TPSA) is 18.5 Å². The van der Waals surface area contributed by atoms with Gasteiger partial charge in [-0.2, -0.15) is 0 Å². The summed E-state index contributed by atoms with van der Waals surface area (Å²) in [6.45, 7) is 13.8. The molecule has 0 spiro atoms. The van der Waals surface area contributed by atoms with Crippen LogP contribution in [0.5, 0.6) is 0 Å². The highest BCUT2D eigenvalue weighted by Crippen LogP contribution is 2.28. The number of nitrogens with zero attached hydrogens (tertiary/aromatic N) is 2. The summed E-state index contributed by atoms with van der Waals surface area (Å²) >= 11 is 1.97. The lowest BCUT2D eigenvalue weighted by molar-refractivity contribution is 0.122. The minimum Gasteiger partial charge on any atom is -0.307 e. The molecule has 1 saturated carbocycles. The number of piperazine rings is 1. The Morgan fingerprint density at radius 2 is 1.76 bits per heavy atom. The third kappa shape index (κ3) is 4.78. The molecule has 21 heavy (non-hydrogen) atoms. The molecule has 2 aliphatic rings. The van der Waals surface area contributed by atoms with Crippen LogP contribution in [0.25, 0.3) is 0 Å². The van der Waals surface area contributed by atoms with E-state index in [-0.39, 0.29) is 5.54 Å². The molecule has 1 saturated heterocycles. The Morgan fingerprint density at radius 3 is 2.38 bits per heavy atom. The van der Waals surface area contributed by atoms with E-state index in [0.29, 0.717) is 0 Å². The van der Waals surface area contributed by atoms with Crippen molar-refractivity contribution in [1.82, 2.24) is 15.1 Å². The van der Waals surface area contributed by atoms with E-state index < -0.39 is 0 Å². The molecule has 3 rings (SSSR count). The summed E-state index contributed by atoms with van der Waals surface area (Å²) < 4.78 is 0. The molecule has 0 unspecified atom stereocenters. The van der Waals surface area contributed by atoms with E-state index in [1.165, 1.54) is 48.8 Å². The first-order valence-electron chi connectivity index (χ1n) is 8.29. The Balaban J connectivity index is 1.44. The van der Waals surface area contributed by atoms with Crippen molar-refractivity contribution in [2.75, 3.05) is 26.2 Å². The summed E-state index contributed by atoms with van der Waals surface area (Å²) in [6.07, 6.45) is 2.88. The van der Waals surface area contributed by atoms with Crippen LogP contribution < -0.4 is 5.32 Å². The number of hydrogen-bond donors (Lipinski definition) is 1. The van der Waals surface area contributed by atoms with Gasteiger partial charge < -0.3 is 5.32 Å². The van der Waals surface area contributed by atoms with E-state index >= 15 is 0 Å². The SMILES string of the molecule is CC(C)(C)NCc1ccc(CN2CCN(C3CC3)CC2)s1. The molecule has 0 radical (unpaired) electrons. The predicted octanol–water partition coefficient (Wildman–Crippen LogP) is 2.92. The summed E-state index contributed by atoms with van der Waals surface area (Å²) in [6, 6.07) is 5.54. The molecule has 1 aromatic rings. The van der Waals surface area contributed by atoms with Crippen molar-refractivity contribution in [3.8, 4) is 0 Å². The molecule has 1 aromatic heterocycles. The highest BCUT2D eigenvalue weighted by Gasteiger charge is 2.31. The van der Waals surface area contributed by atoms with Gasteiger partial charge in [-0.05, 0) is 45.7 Å². The summed E-state index contributed by atoms with van der Waals surface area (Å²) in [5.41, 5.74) is 0.198. The van der Waals surface area contributed by atoms with Gasteiger partial charge in [0.25, 0.3) is 0 Å². The first-order chi connectivity index (χ1) is 9.99. The standard InChI is InChI=1S/C17H29N3S/c1-17(2,3)18-12-15-6-7-16(21-15)13-19-8-10-20(11-9-19)14-4-5-14/h6-7,14,18H,4-5,8-13H2,1-3H3. The summed E-state index contributed by atoms with van der Waals surface area (Å²) in [4.78, 5) is 8.27. The van der Waals surface area contributed by atoms with Gasteiger partial charge in [0.15, 0.2) is 0 Å². The van der Waals surface area contributed by atoms with E-state index in [1.807, 2.05) is 11.3 Å².